The summed E-state index contributed by atoms with van der Waals surface area (Å²) >= 11 is 0. The smallest absolute Gasteiger partial charge is 0.123 e. The first-order valence-electron chi connectivity index (χ1n) is 8.98. The van der Waals surface area contributed by atoms with Gasteiger partial charge in [-0.25, -0.2) is 5.01 Å². The Balaban J connectivity index is 1.44. The van der Waals surface area contributed by atoms with Crippen LogP contribution in [0, 0.1) is 23.2 Å². The summed E-state index contributed by atoms with van der Waals surface area (Å²) in [6, 6.07) is 11.2. The Labute approximate surface area is 144 Å². The molecule has 126 valence electrons. The van der Waals surface area contributed by atoms with Crippen LogP contribution in [0.15, 0.2) is 36.4 Å². The maximum atomic E-state index is 9.92. The van der Waals surface area contributed by atoms with Gasteiger partial charge < -0.3 is 4.74 Å². The average Bonchev–Trinajstić information content (AvgIpc) is 3.26. The quantitative estimate of drug-likeness (QED) is 0.865. The van der Waals surface area contributed by atoms with Gasteiger partial charge in [0.05, 0.1) is 18.6 Å². The molecule has 0 aromatic heterocycles. The highest BCUT2D eigenvalue weighted by Gasteiger charge is 2.41. The van der Waals surface area contributed by atoms with Crippen LogP contribution >= 0.6 is 0 Å². The Hall–Kier alpha value is -1.83. The standard InChI is InChI=1S/C20H25N3O/c1-24-19-5-3-2-4-17(19)20(14-21)8-10-23(11-9-20)22-18-13-15-6-7-16(18)12-15/h2-7,15-16,18,22H,8-13H2,1H3/t15-,16-,18-/m0/s1. The van der Waals surface area contributed by atoms with E-state index in [0.717, 1.165) is 43.2 Å². The highest BCUT2D eigenvalue weighted by atomic mass is 16.5. The number of nitrogens with zero attached hydrogens (tertiary/aromatic N) is 2. The van der Waals surface area contributed by atoms with Gasteiger partial charge in [0.25, 0.3) is 0 Å². The molecule has 0 spiro atoms. The zero-order chi connectivity index (χ0) is 16.6. The number of fused-ring (bicyclic) bond motifs is 2. The number of methoxy groups -OCH3 is 1. The Morgan fingerprint density at radius 3 is 2.62 bits per heavy atom. The zero-order valence-electron chi connectivity index (χ0n) is 14.2. The lowest BCUT2D eigenvalue weighted by atomic mass is 9.74. The molecule has 2 aliphatic carbocycles. The first-order chi connectivity index (χ1) is 11.7. The molecule has 1 aromatic rings. The lowest BCUT2D eigenvalue weighted by Crippen LogP contribution is -2.52. The van der Waals surface area contributed by atoms with Gasteiger partial charge in [-0.3, -0.25) is 5.43 Å². The summed E-state index contributed by atoms with van der Waals surface area (Å²) in [6.45, 7) is 1.81. The van der Waals surface area contributed by atoms with Crippen molar-refractivity contribution in [2.45, 2.75) is 37.1 Å². The molecule has 1 saturated heterocycles. The van der Waals surface area contributed by atoms with Crippen LogP contribution in [0.3, 0.4) is 0 Å². The summed E-state index contributed by atoms with van der Waals surface area (Å²) in [6.07, 6.45) is 9.01. The number of benzene rings is 1. The van der Waals surface area contributed by atoms with Gasteiger partial charge in [-0.2, -0.15) is 5.26 Å². The van der Waals surface area contributed by atoms with E-state index < -0.39 is 5.41 Å². The third-order valence-corrected chi connectivity index (χ3v) is 6.08. The fourth-order valence-corrected chi connectivity index (χ4v) is 4.66. The van der Waals surface area contributed by atoms with Crippen molar-refractivity contribution in [1.29, 1.82) is 5.26 Å². The van der Waals surface area contributed by atoms with Crippen LogP contribution in [-0.4, -0.2) is 31.3 Å². The molecule has 1 aliphatic heterocycles. The average molecular weight is 323 g/mol. The normalized spacial score (nSPS) is 31.1. The second-order valence-corrected chi connectivity index (χ2v) is 7.40. The number of nitriles is 1. The van der Waals surface area contributed by atoms with Gasteiger partial charge in [0, 0.05) is 24.7 Å². The number of nitrogens with one attached hydrogen (secondary N) is 1. The molecule has 4 heteroatoms. The maximum Gasteiger partial charge on any atom is 0.123 e. The predicted octanol–water partition coefficient (Wildman–Crippen LogP) is 3.02. The van der Waals surface area contributed by atoms with E-state index in [4.69, 9.17) is 4.74 Å². The van der Waals surface area contributed by atoms with E-state index in [2.05, 4.69) is 28.7 Å². The van der Waals surface area contributed by atoms with Gasteiger partial charge in [0.1, 0.15) is 5.75 Å². The summed E-state index contributed by atoms with van der Waals surface area (Å²) in [7, 11) is 1.68. The van der Waals surface area contributed by atoms with Crippen molar-refractivity contribution >= 4 is 0 Å². The minimum atomic E-state index is -0.431. The topological polar surface area (TPSA) is 48.3 Å². The Morgan fingerprint density at radius 1 is 1.21 bits per heavy atom. The third-order valence-electron chi connectivity index (χ3n) is 6.08. The molecular formula is C20H25N3O. The van der Waals surface area contributed by atoms with Crippen molar-refractivity contribution in [1.82, 2.24) is 10.4 Å². The van der Waals surface area contributed by atoms with Crippen LogP contribution < -0.4 is 10.2 Å². The van der Waals surface area contributed by atoms with E-state index in [1.165, 1.54) is 12.8 Å². The monoisotopic (exact) mass is 323 g/mol. The number of rotatable bonds is 4. The molecule has 24 heavy (non-hydrogen) atoms. The number of ether oxygens (including phenoxy) is 1. The van der Waals surface area contributed by atoms with Crippen molar-refractivity contribution in [3.05, 3.63) is 42.0 Å². The summed E-state index contributed by atoms with van der Waals surface area (Å²) in [5, 5.41) is 12.3. The van der Waals surface area contributed by atoms with Crippen LogP contribution in [0.2, 0.25) is 0 Å². The van der Waals surface area contributed by atoms with Gasteiger partial charge in [-0.05, 0) is 43.6 Å². The third kappa shape index (κ3) is 2.62. The van der Waals surface area contributed by atoms with Crippen LogP contribution in [-0.2, 0) is 5.41 Å². The fraction of sp³-hybridized carbons (Fsp3) is 0.550. The van der Waals surface area contributed by atoms with Crippen molar-refractivity contribution in [2.75, 3.05) is 20.2 Å². The van der Waals surface area contributed by atoms with Crippen LogP contribution in [0.5, 0.6) is 5.75 Å². The van der Waals surface area contributed by atoms with Crippen LogP contribution in [0.25, 0.3) is 0 Å². The molecule has 4 nitrogen and oxygen atoms in total. The largest absolute Gasteiger partial charge is 0.496 e. The molecule has 2 bridgehead atoms. The minimum Gasteiger partial charge on any atom is -0.496 e. The summed E-state index contributed by atoms with van der Waals surface area (Å²) < 4.78 is 5.51. The Bertz CT molecular complexity index is 670. The lowest BCUT2D eigenvalue weighted by Gasteiger charge is -2.40. The van der Waals surface area contributed by atoms with Gasteiger partial charge in [-0.15, -0.1) is 0 Å². The van der Waals surface area contributed by atoms with Crippen molar-refractivity contribution in [3.63, 3.8) is 0 Å². The lowest BCUT2D eigenvalue weighted by molar-refractivity contribution is 0.0963. The van der Waals surface area contributed by atoms with Crippen molar-refractivity contribution < 1.29 is 4.74 Å². The Kier molecular flexibility index (Phi) is 4.07. The molecule has 3 aliphatic rings. The van der Waals surface area contributed by atoms with Crippen molar-refractivity contribution in [2.24, 2.45) is 11.8 Å². The molecule has 1 aromatic carbocycles. The van der Waals surface area contributed by atoms with E-state index in [9.17, 15) is 5.26 Å². The zero-order valence-corrected chi connectivity index (χ0v) is 14.2. The second-order valence-electron chi connectivity index (χ2n) is 7.40. The van der Waals surface area contributed by atoms with Crippen LogP contribution in [0.1, 0.15) is 31.2 Å². The number of hydrogen-bond acceptors (Lipinski definition) is 4. The van der Waals surface area contributed by atoms with Gasteiger partial charge >= 0.3 is 0 Å². The molecule has 0 radical (unpaired) electrons. The van der Waals surface area contributed by atoms with Gasteiger partial charge in [-0.1, -0.05) is 30.4 Å². The van der Waals surface area contributed by atoms with E-state index in [1.54, 1.807) is 7.11 Å². The van der Waals surface area contributed by atoms with Crippen LogP contribution in [0.4, 0.5) is 0 Å². The van der Waals surface area contributed by atoms with Gasteiger partial charge in [0.15, 0.2) is 0 Å². The van der Waals surface area contributed by atoms with E-state index in [0.29, 0.717) is 12.0 Å². The number of hydrogen-bond donors (Lipinski definition) is 1. The molecule has 0 unspecified atom stereocenters. The number of allylic oxidation sites excluding steroid dienone is 1. The molecule has 4 rings (SSSR count). The highest BCUT2D eigenvalue weighted by molar-refractivity contribution is 5.44. The first kappa shape index (κ1) is 15.7. The number of piperidine rings is 1. The van der Waals surface area contributed by atoms with E-state index >= 15 is 0 Å². The molecule has 3 atom stereocenters. The maximum absolute atomic E-state index is 9.92. The highest BCUT2D eigenvalue weighted by Crippen LogP contribution is 2.41. The molecular weight excluding hydrogens is 298 g/mol. The fourth-order valence-electron chi connectivity index (χ4n) is 4.66. The summed E-state index contributed by atoms with van der Waals surface area (Å²) in [5.41, 5.74) is 4.34. The molecule has 2 fully saturated rings. The molecule has 1 heterocycles. The predicted molar refractivity (Wildman–Crippen MR) is 93.4 cm³/mol. The molecule has 1 N–H and O–H groups in total. The SMILES string of the molecule is COc1ccccc1C1(C#N)CCN(N[C@H]2C[C@H]3C=C[C@H]2C3)CC1. The van der Waals surface area contributed by atoms with E-state index in [1.807, 2.05) is 24.3 Å². The summed E-state index contributed by atoms with van der Waals surface area (Å²) in [5.74, 6) is 2.31. The number of para-hydroxylation sites is 1. The Morgan fingerprint density at radius 2 is 2.00 bits per heavy atom. The molecule has 0 amide bonds. The van der Waals surface area contributed by atoms with E-state index in [-0.39, 0.29) is 0 Å². The summed E-state index contributed by atoms with van der Waals surface area (Å²) in [4.78, 5) is 0. The number of hydrazine groups is 1. The van der Waals surface area contributed by atoms with Gasteiger partial charge in [0.2, 0.25) is 0 Å². The first-order valence-corrected chi connectivity index (χ1v) is 8.98. The van der Waals surface area contributed by atoms with Crippen molar-refractivity contribution in [3.8, 4) is 11.8 Å². The minimum absolute atomic E-state index is 0.431. The molecule has 1 saturated carbocycles. The second kappa shape index (κ2) is 6.23.